The summed E-state index contributed by atoms with van der Waals surface area (Å²) in [5.74, 6) is 0.356. The van der Waals surface area contributed by atoms with E-state index in [0.717, 1.165) is 19.3 Å². The molecule has 1 N–H and O–H groups in total. The molecule has 0 saturated carbocycles. The highest BCUT2D eigenvalue weighted by Crippen LogP contribution is 2.26. The number of carbonyl (C=O) groups is 1. The Kier molecular flexibility index (Phi) is 8.12. The molecule has 0 aliphatic carbocycles. The number of rotatable bonds is 11. The fourth-order valence-corrected chi connectivity index (χ4v) is 4.77. The quantitative estimate of drug-likeness (QED) is 0.574. The van der Waals surface area contributed by atoms with Gasteiger partial charge in [-0.1, -0.05) is 32.3 Å². The fraction of sp³-hybridized carbons (Fsp3) is 0.421. The number of hydrogen-bond donors (Lipinski definition) is 1. The molecule has 6 nitrogen and oxygen atoms in total. The van der Waals surface area contributed by atoms with Crippen LogP contribution in [0.1, 0.15) is 32.6 Å². The van der Waals surface area contributed by atoms with E-state index in [1.807, 2.05) is 0 Å². The van der Waals surface area contributed by atoms with Crippen LogP contribution in [-0.4, -0.2) is 34.5 Å². The zero-order valence-electron chi connectivity index (χ0n) is 15.7. The van der Waals surface area contributed by atoms with Crippen molar-refractivity contribution in [3.63, 3.8) is 0 Å². The molecule has 0 bridgehead atoms. The van der Waals surface area contributed by atoms with E-state index in [4.69, 9.17) is 4.74 Å². The molecule has 0 aliphatic rings. The zero-order valence-corrected chi connectivity index (χ0v) is 17.3. The van der Waals surface area contributed by atoms with Crippen LogP contribution in [0.4, 0.5) is 5.69 Å². The molecule has 0 saturated heterocycles. The monoisotopic (exact) mass is 410 g/mol. The first-order valence-corrected chi connectivity index (χ1v) is 11.3. The van der Waals surface area contributed by atoms with E-state index < -0.39 is 10.0 Å². The van der Waals surface area contributed by atoms with Gasteiger partial charge in [0.1, 0.15) is 9.96 Å². The third-order valence-electron chi connectivity index (χ3n) is 4.03. The molecule has 0 spiro atoms. The average molecular weight is 411 g/mol. The summed E-state index contributed by atoms with van der Waals surface area (Å²) in [5, 5.41) is 4.56. The molecule has 148 valence electrons. The van der Waals surface area contributed by atoms with Gasteiger partial charge in [-0.3, -0.25) is 9.10 Å². The Hall–Kier alpha value is -2.06. The molecule has 0 unspecified atom stereocenters. The van der Waals surface area contributed by atoms with Crippen molar-refractivity contribution in [2.24, 2.45) is 0 Å². The summed E-state index contributed by atoms with van der Waals surface area (Å²) >= 11 is 1.18. The number of sulfonamides is 1. The average Bonchev–Trinajstić information content (AvgIpc) is 3.22. The van der Waals surface area contributed by atoms with Gasteiger partial charge in [0.2, 0.25) is 0 Å². The van der Waals surface area contributed by atoms with Crippen LogP contribution in [-0.2, 0) is 14.8 Å². The lowest BCUT2D eigenvalue weighted by Crippen LogP contribution is -2.29. The Balaban J connectivity index is 1.84. The molecule has 0 fully saturated rings. The van der Waals surface area contributed by atoms with Gasteiger partial charge in [-0.25, -0.2) is 8.42 Å². The number of carbonyl (C=O) groups excluding carboxylic acids is 1. The van der Waals surface area contributed by atoms with Gasteiger partial charge in [-0.15, -0.1) is 11.3 Å². The Bertz CT molecular complexity index is 803. The lowest BCUT2D eigenvalue weighted by molar-refractivity contribution is -0.123. The molecule has 1 heterocycles. The summed E-state index contributed by atoms with van der Waals surface area (Å²) in [5.41, 5.74) is 0.524. The van der Waals surface area contributed by atoms with Gasteiger partial charge in [0, 0.05) is 13.6 Å². The Morgan fingerprint density at radius 3 is 2.52 bits per heavy atom. The van der Waals surface area contributed by atoms with Crippen molar-refractivity contribution in [3.05, 3.63) is 41.8 Å². The summed E-state index contributed by atoms with van der Waals surface area (Å²) in [7, 11) is -2.05. The number of hydrogen-bond acceptors (Lipinski definition) is 5. The second kappa shape index (κ2) is 10.3. The van der Waals surface area contributed by atoms with Crippen molar-refractivity contribution >= 4 is 33.0 Å². The largest absolute Gasteiger partial charge is 0.484 e. The zero-order chi connectivity index (χ0) is 19.7. The van der Waals surface area contributed by atoms with E-state index in [0.29, 0.717) is 22.2 Å². The molecule has 2 rings (SSSR count). The molecule has 2 aromatic rings. The second-order valence-corrected chi connectivity index (χ2v) is 9.24. The molecular weight excluding hydrogens is 384 g/mol. The molecule has 27 heavy (non-hydrogen) atoms. The normalized spacial score (nSPS) is 11.2. The smallest absolute Gasteiger partial charge is 0.273 e. The fourth-order valence-electron chi connectivity index (χ4n) is 2.42. The number of amides is 1. The molecule has 0 atom stereocenters. The molecular formula is C19H26N2O4S2. The predicted octanol–water partition coefficient (Wildman–Crippen LogP) is 3.65. The minimum atomic E-state index is -3.56. The van der Waals surface area contributed by atoms with E-state index in [2.05, 4.69) is 12.2 Å². The standard InChI is InChI=1S/C19H26N2O4S2/c1-3-4-5-6-13-20-18(22)15-25-17-11-9-16(10-12-17)21(2)27(23,24)19-8-7-14-26-19/h7-12,14H,3-6,13,15H2,1-2H3,(H,20,22). The van der Waals surface area contributed by atoms with Gasteiger partial charge in [0.05, 0.1) is 5.69 Å². The predicted molar refractivity (Wildman–Crippen MR) is 109 cm³/mol. The first-order valence-electron chi connectivity index (χ1n) is 8.97. The number of benzene rings is 1. The third-order valence-corrected chi connectivity index (χ3v) is 7.19. The van der Waals surface area contributed by atoms with Crippen LogP contribution in [0.2, 0.25) is 0 Å². The van der Waals surface area contributed by atoms with Crippen molar-refractivity contribution in [1.29, 1.82) is 0 Å². The highest BCUT2D eigenvalue weighted by Gasteiger charge is 2.22. The van der Waals surface area contributed by atoms with Crippen LogP contribution >= 0.6 is 11.3 Å². The molecule has 0 radical (unpaired) electrons. The van der Waals surface area contributed by atoms with Crippen LogP contribution in [0.5, 0.6) is 5.75 Å². The van der Waals surface area contributed by atoms with Gasteiger partial charge in [0.15, 0.2) is 6.61 Å². The van der Waals surface area contributed by atoms with Crippen molar-refractivity contribution in [3.8, 4) is 5.75 Å². The maximum absolute atomic E-state index is 12.5. The number of anilines is 1. The summed E-state index contributed by atoms with van der Waals surface area (Å²) in [6.45, 7) is 2.75. The van der Waals surface area contributed by atoms with E-state index in [-0.39, 0.29) is 12.5 Å². The van der Waals surface area contributed by atoms with Crippen molar-refractivity contribution in [2.75, 3.05) is 24.5 Å². The Labute approximate surface area is 165 Å². The van der Waals surface area contributed by atoms with Crippen molar-refractivity contribution in [1.82, 2.24) is 5.32 Å². The lowest BCUT2D eigenvalue weighted by atomic mass is 10.2. The second-order valence-electron chi connectivity index (χ2n) is 6.10. The van der Waals surface area contributed by atoms with Gasteiger partial charge >= 0.3 is 0 Å². The Morgan fingerprint density at radius 1 is 1.15 bits per heavy atom. The number of thiophene rings is 1. The number of nitrogens with one attached hydrogen (secondary N) is 1. The number of ether oxygens (including phenoxy) is 1. The van der Waals surface area contributed by atoms with Gasteiger partial charge in [-0.2, -0.15) is 0 Å². The molecule has 0 aliphatic heterocycles. The molecule has 1 amide bonds. The highest BCUT2D eigenvalue weighted by molar-refractivity contribution is 7.94. The number of nitrogens with zero attached hydrogens (tertiary/aromatic N) is 1. The highest BCUT2D eigenvalue weighted by atomic mass is 32.2. The summed E-state index contributed by atoms with van der Waals surface area (Å²) < 4.78 is 32.0. The van der Waals surface area contributed by atoms with Crippen LogP contribution in [0.25, 0.3) is 0 Å². The van der Waals surface area contributed by atoms with Gasteiger partial charge < -0.3 is 10.1 Å². The third kappa shape index (κ3) is 6.25. The van der Waals surface area contributed by atoms with Crippen LogP contribution < -0.4 is 14.4 Å². The topological polar surface area (TPSA) is 75.7 Å². The van der Waals surface area contributed by atoms with Crippen molar-refractivity contribution in [2.45, 2.75) is 36.8 Å². The first kappa shape index (κ1) is 21.2. The molecule has 1 aromatic heterocycles. The minimum Gasteiger partial charge on any atom is -0.484 e. The van der Waals surface area contributed by atoms with Crippen LogP contribution in [0.15, 0.2) is 46.0 Å². The van der Waals surface area contributed by atoms with Gasteiger partial charge in [-0.05, 0) is 42.1 Å². The maximum Gasteiger partial charge on any atom is 0.273 e. The van der Waals surface area contributed by atoms with E-state index in [9.17, 15) is 13.2 Å². The van der Waals surface area contributed by atoms with E-state index in [1.54, 1.807) is 41.8 Å². The lowest BCUT2D eigenvalue weighted by Gasteiger charge is -2.18. The maximum atomic E-state index is 12.5. The Morgan fingerprint density at radius 2 is 1.89 bits per heavy atom. The summed E-state index contributed by atoms with van der Waals surface area (Å²) in [4.78, 5) is 11.8. The van der Waals surface area contributed by atoms with E-state index >= 15 is 0 Å². The summed E-state index contributed by atoms with van der Waals surface area (Å²) in [6.07, 6.45) is 4.42. The van der Waals surface area contributed by atoms with Crippen LogP contribution in [0.3, 0.4) is 0 Å². The first-order chi connectivity index (χ1) is 12.9. The van der Waals surface area contributed by atoms with Gasteiger partial charge in [0.25, 0.3) is 15.9 Å². The van der Waals surface area contributed by atoms with Crippen molar-refractivity contribution < 1.29 is 17.9 Å². The molecule has 1 aromatic carbocycles. The number of unbranched alkanes of at least 4 members (excludes halogenated alkanes) is 3. The van der Waals surface area contributed by atoms with Crippen LogP contribution in [0, 0.1) is 0 Å². The molecule has 8 heteroatoms. The SMILES string of the molecule is CCCCCCNC(=O)COc1ccc(N(C)S(=O)(=O)c2cccs2)cc1. The minimum absolute atomic E-state index is 0.0591. The summed E-state index contributed by atoms with van der Waals surface area (Å²) in [6, 6.07) is 9.91. The van der Waals surface area contributed by atoms with E-state index in [1.165, 1.54) is 29.1 Å².